The number of nitrogens with zero attached hydrogens (tertiary/aromatic N) is 3. The number of nitrogens with one attached hydrogen (secondary N) is 1. The maximum absolute atomic E-state index is 12.9. The average Bonchev–Trinajstić information content (AvgIpc) is 3.00. The van der Waals surface area contributed by atoms with E-state index in [9.17, 15) is 9.59 Å². The highest BCUT2D eigenvalue weighted by atomic mass is 16.5. The van der Waals surface area contributed by atoms with Gasteiger partial charge in [-0.25, -0.2) is 0 Å². The molecule has 0 aromatic rings. The molecule has 0 aromatic heterocycles. The van der Waals surface area contributed by atoms with Gasteiger partial charge in [0.25, 0.3) is 0 Å². The largest absolute Gasteiger partial charge is 0.373 e. The van der Waals surface area contributed by atoms with E-state index in [1.54, 1.807) is 6.92 Å². The van der Waals surface area contributed by atoms with Gasteiger partial charge in [0.05, 0.1) is 18.8 Å². The Morgan fingerprint density at radius 1 is 1.04 bits per heavy atom. The molecule has 3 rings (SSSR count). The summed E-state index contributed by atoms with van der Waals surface area (Å²) < 4.78 is 5.84. The standard InChI is InChI=1S/C20H36N4O3/c1-15-10-22(11-16(2)27-15)13-19-7-5-8-23(19)14-20(26)24-9-4-6-18(12-24)21-17(3)25/h15-16,18-19H,4-14H2,1-3H3,(H,21,25). The number of amides is 2. The van der Waals surface area contributed by atoms with E-state index in [0.717, 1.165) is 45.6 Å². The van der Waals surface area contributed by atoms with Gasteiger partial charge in [0.2, 0.25) is 11.8 Å². The van der Waals surface area contributed by atoms with Crippen molar-refractivity contribution in [3.05, 3.63) is 0 Å². The van der Waals surface area contributed by atoms with Crippen LogP contribution in [0.3, 0.4) is 0 Å². The van der Waals surface area contributed by atoms with E-state index in [2.05, 4.69) is 29.0 Å². The van der Waals surface area contributed by atoms with Gasteiger partial charge in [0, 0.05) is 51.7 Å². The lowest BCUT2D eigenvalue weighted by Gasteiger charge is -2.39. The summed E-state index contributed by atoms with van der Waals surface area (Å²) in [6.07, 6.45) is 4.82. The fourth-order valence-corrected chi connectivity index (χ4v) is 4.92. The molecule has 3 fully saturated rings. The topological polar surface area (TPSA) is 65.1 Å². The minimum absolute atomic E-state index is 0.0112. The van der Waals surface area contributed by atoms with E-state index >= 15 is 0 Å². The smallest absolute Gasteiger partial charge is 0.236 e. The van der Waals surface area contributed by atoms with E-state index in [4.69, 9.17) is 4.74 Å². The molecule has 4 unspecified atom stereocenters. The highest BCUT2D eigenvalue weighted by molar-refractivity contribution is 5.79. The first-order valence-corrected chi connectivity index (χ1v) is 10.6. The predicted molar refractivity (Wildman–Crippen MR) is 104 cm³/mol. The van der Waals surface area contributed by atoms with E-state index < -0.39 is 0 Å². The van der Waals surface area contributed by atoms with Crippen LogP contribution in [0.2, 0.25) is 0 Å². The van der Waals surface area contributed by atoms with Crippen LogP contribution in [0.1, 0.15) is 46.5 Å². The van der Waals surface area contributed by atoms with Crippen LogP contribution in [-0.4, -0.2) is 96.6 Å². The van der Waals surface area contributed by atoms with Crippen molar-refractivity contribution in [2.75, 3.05) is 45.8 Å². The van der Waals surface area contributed by atoms with Gasteiger partial charge >= 0.3 is 0 Å². The lowest BCUT2D eigenvalue weighted by Crippen LogP contribution is -2.53. The number of likely N-dealkylation sites (tertiary alicyclic amines) is 2. The van der Waals surface area contributed by atoms with Gasteiger partial charge in [-0.1, -0.05) is 0 Å². The summed E-state index contributed by atoms with van der Waals surface area (Å²) in [5.41, 5.74) is 0. The van der Waals surface area contributed by atoms with Crippen LogP contribution in [0.5, 0.6) is 0 Å². The first kappa shape index (κ1) is 20.6. The lowest BCUT2D eigenvalue weighted by atomic mass is 10.1. The Labute approximate surface area is 163 Å². The zero-order valence-electron chi connectivity index (χ0n) is 17.2. The van der Waals surface area contributed by atoms with E-state index in [1.807, 2.05) is 4.90 Å². The summed E-state index contributed by atoms with van der Waals surface area (Å²) in [4.78, 5) is 31.0. The maximum atomic E-state index is 12.9. The molecule has 0 aliphatic carbocycles. The molecular weight excluding hydrogens is 344 g/mol. The van der Waals surface area contributed by atoms with Crippen molar-refractivity contribution < 1.29 is 14.3 Å². The fourth-order valence-electron chi connectivity index (χ4n) is 4.92. The first-order chi connectivity index (χ1) is 12.9. The number of ether oxygens (including phenoxy) is 1. The number of piperidine rings is 1. The molecule has 0 bridgehead atoms. The van der Waals surface area contributed by atoms with Gasteiger partial charge < -0.3 is 15.0 Å². The van der Waals surface area contributed by atoms with Gasteiger partial charge in [0.1, 0.15) is 0 Å². The third-order valence-corrected chi connectivity index (χ3v) is 5.98. The fraction of sp³-hybridized carbons (Fsp3) is 0.900. The number of carbonyl (C=O) groups excluding carboxylic acids is 2. The highest BCUT2D eigenvalue weighted by Crippen LogP contribution is 2.21. The molecule has 27 heavy (non-hydrogen) atoms. The molecule has 3 saturated heterocycles. The molecule has 1 N–H and O–H groups in total. The third kappa shape index (κ3) is 5.90. The molecule has 0 spiro atoms. The molecular formula is C20H36N4O3. The molecule has 0 aromatic carbocycles. The van der Waals surface area contributed by atoms with Crippen LogP contribution in [0.25, 0.3) is 0 Å². The van der Waals surface area contributed by atoms with E-state index in [0.29, 0.717) is 19.1 Å². The Morgan fingerprint density at radius 2 is 1.74 bits per heavy atom. The number of rotatable bonds is 5. The summed E-state index contributed by atoms with van der Waals surface area (Å²) in [6, 6.07) is 0.563. The van der Waals surface area contributed by atoms with Crippen molar-refractivity contribution in [2.45, 2.75) is 70.7 Å². The second-order valence-corrected chi connectivity index (χ2v) is 8.62. The first-order valence-electron chi connectivity index (χ1n) is 10.6. The van der Waals surface area contributed by atoms with E-state index in [1.165, 1.54) is 12.8 Å². The summed E-state index contributed by atoms with van der Waals surface area (Å²) in [6.45, 7) is 11.8. The zero-order chi connectivity index (χ0) is 19.4. The van der Waals surface area contributed by atoms with Crippen LogP contribution < -0.4 is 5.32 Å². The minimum atomic E-state index is -0.0112. The van der Waals surface area contributed by atoms with Crippen molar-refractivity contribution in [1.82, 2.24) is 20.0 Å². The molecule has 0 saturated carbocycles. The van der Waals surface area contributed by atoms with Crippen LogP contribution in [-0.2, 0) is 14.3 Å². The van der Waals surface area contributed by atoms with Crippen molar-refractivity contribution in [2.24, 2.45) is 0 Å². The Balaban J connectivity index is 1.50. The number of carbonyl (C=O) groups is 2. The van der Waals surface area contributed by atoms with E-state index in [-0.39, 0.29) is 30.1 Å². The predicted octanol–water partition coefficient (Wildman–Crippen LogP) is 0.687. The van der Waals surface area contributed by atoms with Crippen molar-refractivity contribution in [1.29, 1.82) is 0 Å². The summed E-state index contributed by atoms with van der Waals surface area (Å²) in [5, 5.41) is 2.97. The molecule has 3 aliphatic heterocycles. The maximum Gasteiger partial charge on any atom is 0.236 e. The number of hydrogen-bond donors (Lipinski definition) is 1. The van der Waals surface area contributed by atoms with Gasteiger partial charge in [-0.3, -0.25) is 19.4 Å². The second kappa shape index (κ2) is 9.34. The van der Waals surface area contributed by atoms with Gasteiger partial charge in [-0.2, -0.15) is 0 Å². The van der Waals surface area contributed by atoms with Gasteiger partial charge in [0.15, 0.2) is 0 Å². The molecule has 7 nitrogen and oxygen atoms in total. The van der Waals surface area contributed by atoms with Crippen LogP contribution in [0, 0.1) is 0 Å². The Morgan fingerprint density at radius 3 is 2.44 bits per heavy atom. The summed E-state index contributed by atoms with van der Waals surface area (Å²) >= 11 is 0. The van der Waals surface area contributed by atoms with Gasteiger partial charge in [-0.05, 0) is 46.1 Å². The normalized spacial score (nSPS) is 33.2. The molecule has 7 heteroatoms. The number of morpholine rings is 1. The summed E-state index contributed by atoms with van der Waals surface area (Å²) in [5.74, 6) is 0.198. The van der Waals surface area contributed by atoms with Crippen LogP contribution in [0.4, 0.5) is 0 Å². The monoisotopic (exact) mass is 380 g/mol. The highest BCUT2D eigenvalue weighted by Gasteiger charge is 2.32. The minimum Gasteiger partial charge on any atom is -0.373 e. The van der Waals surface area contributed by atoms with Gasteiger partial charge in [-0.15, -0.1) is 0 Å². The number of hydrogen-bond acceptors (Lipinski definition) is 5. The van der Waals surface area contributed by atoms with Crippen molar-refractivity contribution in [3.8, 4) is 0 Å². The molecule has 2 amide bonds. The molecule has 3 heterocycles. The Bertz CT molecular complexity index is 519. The Kier molecular flexibility index (Phi) is 7.11. The molecule has 3 aliphatic rings. The second-order valence-electron chi connectivity index (χ2n) is 8.62. The third-order valence-electron chi connectivity index (χ3n) is 5.98. The zero-order valence-corrected chi connectivity index (χ0v) is 17.2. The molecule has 4 atom stereocenters. The van der Waals surface area contributed by atoms with Crippen molar-refractivity contribution in [3.63, 3.8) is 0 Å². The lowest BCUT2D eigenvalue weighted by molar-refractivity contribution is -0.135. The summed E-state index contributed by atoms with van der Waals surface area (Å²) in [7, 11) is 0. The van der Waals surface area contributed by atoms with Crippen molar-refractivity contribution >= 4 is 11.8 Å². The van der Waals surface area contributed by atoms with Crippen LogP contribution in [0.15, 0.2) is 0 Å². The SMILES string of the molecule is CC(=O)NC1CCCN(C(=O)CN2CCCC2CN2CC(C)OC(C)C2)C1. The Hall–Kier alpha value is -1.18. The molecule has 154 valence electrons. The average molecular weight is 381 g/mol. The quantitative estimate of drug-likeness (QED) is 0.760. The molecule has 0 radical (unpaired) electrons. The van der Waals surface area contributed by atoms with Crippen LogP contribution >= 0.6 is 0 Å².